The molecule has 6 nitrogen and oxygen atoms in total. The third-order valence-electron chi connectivity index (χ3n) is 4.07. The predicted molar refractivity (Wildman–Crippen MR) is 92.9 cm³/mol. The zero-order valence-electron chi connectivity index (χ0n) is 15.2. The highest BCUT2D eigenvalue weighted by Gasteiger charge is 2.52. The Kier molecular flexibility index (Phi) is 6.96. The summed E-state index contributed by atoms with van der Waals surface area (Å²) in [5.41, 5.74) is 0.995. The van der Waals surface area contributed by atoms with E-state index in [9.17, 15) is 9.59 Å². The summed E-state index contributed by atoms with van der Waals surface area (Å²) in [5.74, 6) is -0.427. The predicted octanol–water partition coefficient (Wildman–Crippen LogP) is 2.24. The van der Waals surface area contributed by atoms with Crippen LogP contribution in [0.15, 0.2) is 30.3 Å². The Morgan fingerprint density at radius 3 is 2.44 bits per heavy atom. The van der Waals surface area contributed by atoms with E-state index in [0.29, 0.717) is 5.92 Å². The minimum Gasteiger partial charge on any atom is -0.464 e. The van der Waals surface area contributed by atoms with E-state index in [-0.39, 0.29) is 24.7 Å². The van der Waals surface area contributed by atoms with Gasteiger partial charge in [-0.1, -0.05) is 44.2 Å². The molecule has 0 bridgehead atoms. The van der Waals surface area contributed by atoms with Gasteiger partial charge >= 0.3 is 5.97 Å². The topological polar surface area (TPSA) is 77.2 Å². The molecule has 1 aromatic rings. The molecule has 0 saturated carbocycles. The molecule has 138 valence electrons. The largest absolute Gasteiger partial charge is 0.464 e. The molecule has 1 heterocycles. The van der Waals surface area contributed by atoms with Crippen molar-refractivity contribution in [3.63, 3.8) is 0 Å². The minimum atomic E-state index is -0.794. The normalized spacial score (nSPS) is 21.5. The molecular weight excluding hydrogens is 322 g/mol. The van der Waals surface area contributed by atoms with Gasteiger partial charge in [-0.15, -0.1) is 0 Å². The van der Waals surface area contributed by atoms with Gasteiger partial charge in [0.05, 0.1) is 12.6 Å². The first-order chi connectivity index (χ1) is 12.0. The lowest BCUT2D eigenvalue weighted by Crippen LogP contribution is -2.43. The molecule has 0 radical (unpaired) electrons. The second kappa shape index (κ2) is 8.97. The summed E-state index contributed by atoms with van der Waals surface area (Å²) in [5, 5.41) is 2.99. The first-order valence-electron chi connectivity index (χ1n) is 8.68. The van der Waals surface area contributed by atoms with Gasteiger partial charge in [0.15, 0.2) is 12.2 Å². The zero-order valence-corrected chi connectivity index (χ0v) is 15.2. The molecule has 1 aromatic carbocycles. The number of benzene rings is 1. The number of hydrogen-bond acceptors (Lipinski definition) is 5. The van der Waals surface area contributed by atoms with Crippen molar-refractivity contribution in [1.29, 1.82) is 0 Å². The molecule has 1 saturated heterocycles. The van der Waals surface area contributed by atoms with Gasteiger partial charge in [-0.05, 0) is 24.8 Å². The van der Waals surface area contributed by atoms with Crippen molar-refractivity contribution >= 4 is 11.9 Å². The number of amides is 1. The number of carbonyl (C=O) groups excluding carboxylic acids is 2. The molecule has 4 atom stereocenters. The Morgan fingerprint density at radius 2 is 1.88 bits per heavy atom. The van der Waals surface area contributed by atoms with Crippen LogP contribution in [0.4, 0.5) is 0 Å². The van der Waals surface area contributed by atoms with Gasteiger partial charge in [-0.2, -0.15) is 0 Å². The van der Waals surface area contributed by atoms with Crippen molar-refractivity contribution in [2.75, 3.05) is 13.7 Å². The van der Waals surface area contributed by atoms with Crippen LogP contribution in [0.3, 0.4) is 0 Å². The first-order valence-corrected chi connectivity index (χ1v) is 8.68. The average Bonchev–Trinajstić information content (AvgIpc) is 3.37. The summed E-state index contributed by atoms with van der Waals surface area (Å²) in [6, 6.07) is 9.55. The van der Waals surface area contributed by atoms with Crippen LogP contribution in [0.2, 0.25) is 0 Å². The van der Waals surface area contributed by atoms with Gasteiger partial charge in [-0.25, -0.2) is 4.79 Å². The van der Waals surface area contributed by atoms with E-state index >= 15 is 0 Å². The van der Waals surface area contributed by atoms with Crippen LogP contribution >= 0.6 is 0 Å². The fraction of sp³-hybridized carbons (Fsp3) is 0.579. The van der Waals surface area contributed by atoms with Gasteiger partial charge in [0.1, 0.15) is 6.10 Å². The van der Waals surface area contributed by atoms with Crippen LogP contribution in [0.25, 0.3) is 0 Å². The smallest absolute Gasteiger partial charge is 0.338 e. The van der Waals surface area contributed by atoms with Crippen LogP contribution in [-0.2, 0) is 23.8 Å². The van der Waals surface area contributed by atoms with E-state index < -0.39 is 18.2 Å². The molecule has 1 N–H and O–H groups in total. The molecule has 0 aliphatic carbocycles. The number of ether oxygens (including phenoxy) is 3. The molecule has 1 fully saturated rings. The Balaban J connectivity index is 2.05. The third kappa shape index (κ3) is 5.28. The van der Waals surface area contributed by atoms with Crippen LogP contribution in [0.5, 0.6) is 0 Å². The summed E-state index contributed by atoms with van der Waals surface area (Å²) in [7, 11) is 1.63. The van der Waals surface area contributed by atoms with Gasteiger partial charge in [0, 0.05) is 7.11 Å². The maximum Gasteiger partial charge on any atom is 0.338 e. The van der Waals surface area contributed by atoms with Crippen LogP contribution < -0.4 is 5.32 Å². The second-order valence-electron chi connectivity index (χ2n) is 6.54. The molecule has 1 aliphatic heterocycles. The first kappa shape index (κ1) is 19.4. The highest BCUT2D eigenvalue weighted by atomic mass is 16.6. The van der Waals surface area contributed by atoms with Gasteiger partial charge in [0.25, 0.3) is 5.91 Å². The number of methoxy groups -OCH3 is 1. The minimum absolute atomic E-state index is 0.216. The average molecular weight is 349 g/mol. The summed E-state index contributed by atoms with van der Waals surface area (Å²) < 4.78 is 15.7. The molecule has 0 unspecified atom stereocenters. The Labute approximate surface area is 148 Å². The highest BCUT2D eigenvalue weighted by molar-refractivity contribution is 5.92. The standard InChI is InChI=1S/C19H27NO5/c1-5-24-19(22)17-16(25-17)18(21)20-14(11-12(2)3)15(23-4)13-9-7-6-8-10-13/h6-10,12,14-17H,5,11H2,1-4H3,(H,20,21)/t14-,15+,16-,17-/m0/s1. The van der Waals surface area contributed by atoms with Gasteiger partial charge in [0.2, 0.25) is 0 Å². The van der Waals surface area contributed by atoms with Gasteiger partial charge in [-0.3, -0.25) is 4.79 Å². The number of esters is 1. The molecule has 0 spiro atoms. The van der Waals surface area contributed by atoms with Crippen molar-refractivity contribution in [2.24, 2.45) is 5.92 Å². The monoisotopic (exact) mass is 349 g/mol. The lowest BCUT2D eigenvalue weighted by atomic mass is 9.94. The number of nitrogens with one attached hydrogen (secondary N) is 1. The summed E-state index contributed by atoms with van der Waals surface area (Å²) in [6.07, 6.45) is -1.10. The molecule has 2 rings (SSSR count). The van der Waals surface area contributed by atoms with E-state index in [4.69, 9.17) is 14.2 Å². The van der Waals surface area contributed by atoms with E-state index in [2.05, 4.69) is 19.2 Å². The Morgan fingerprint density at radius 1 is 1.20 bits per heavy atom. The lowest BCUT2D eigenvalue weighted by Gasteiger charge is -2.28. The van der Waals surface area contributed by atoms with Crippen molar-refractivity contribution in [2.45, 2.75) is 51.5 Å². The van der Waals surface area contributed by atoms with E-state index in [0.717, 1.165) is 12.0 Å². The van der Waals surface area contributed by atoms with Crippen LogP contribution in [0, 0.1) is 5.92 Å². The quantitative estimate of drug-likeness (QED) is 0.546. The molecule has 0 aromatic heterocycles. The Hall–Kier alpha value is -1.92. The summed E-state index contributed by atoms with van der Waals surface area (Å²) in [6.45, 7) is 6.16. The number of carbonyl (C=O) groups is 2. The molecule has 6 heteroatoms. The molecule has 1 aliphatic rings. The fourth-order valence-corrected chi connectivity index (χ4v) is 2.92. The fourth-order valence-electron chi connectivity index (χ4n) is 2.92. The van der Waals surface area contributed by atoms with Crippen LogP contribution in [0.1, 0.15) is 38.9 Å². The second-order valence-corrected chi connectivity index (χ2v) is 6.54. The van der Waals surface area contributed by atoms with Crippen molar-refractivity contribution in [3.05, 3.63) is 35.9 Å². The van der Waals surface area contributed by atoms with Crippen LogP contribution in [-0.4, -0.2) is 43.8 Å². The molecule has 1 amide bonds. The van der Waals surface area contributed by atoms with E-state index in [1.54, 1.807) is 14.0 Å². The Bertz CT molecular complexity index is 574. The number of hydrogen-bond donors (Lipinski definition) is 1. The van der Waals surface area contributed by atoms with E-state index in [1.807, 2.05) is 30.3 Å². The van der Waals surface area contributed by atoms with E-state index in [1.165, 1.54) is 0 Å². The molecule has 25 heavy (non-hydrogen) atoms. The number of epoxide rings is 1. The maximum absolute atomic E-state index is 12.5. The van der Waals surface area contributed by atoms with Crippen molar-refractivity contribution in [3.8, 4) is 0 Å². The van der Waals surface area contributed by atoms with Crippen molar-refractivity contribution in [1.82, 2.24) is 5.32 Å². The highest BCUT2D eigenvalue weighted by Crippen LogP contribution is 2.28. The molecular formula is C19H27NO5. The van der Waals surface area contributed by atoms with Gasteiger partial charge < -0.3 is 19.5 Å². The SMILES string of the molecule is CCOC(=O)[C@H]1O[C@@H]1C(=O)N[C@@H](CC(C)C)[C@H](OC)c1ccccc1. The lowest BCUT2D eigenvalue weighted by molar-refractivity contribution is -0.144. The summed E-state index contributed by atoms with van der Waals surface area (Å²) in [4.78, 5) is 24.1. The summed E-state index contributed by atoms with van der Waals surface area (Å²) >= 11 is 0. The van der Waals surface area contributed by atoms with Crippen molar-refractivity contribution < 1.29 is 23.8 Å². The zero-order chi connectivity index (χ0) is 18.4. The number of rotatable bonds is 9. The maximum atomic E-state index is 12.5. The third-order valence-corrected chi connectivity index (χ3v) is 4.07.